The minimum Gasteiger partial charge on any atom is -0.497 e. The van der Waals surface area contributed by atoms with Gasteiger partial charge in [0.1, 0.15) is 22.1 Å². The molecule has 0 amide bonds. The molecule has 0 saturated carbocycles. The van der Waals surface area contributed by atoms with E-state index >= 15 is 0 Å². The Labute approximate surface area is 167 Å². The van der Waals surface area contributed by atoms with Crippen molar-refractivity contribution in [2.75, 3.05) is 26.1 Å². The van der Waals surface area contributed by atoms with Gasteiger partial charge in [-0.25, -0.2) is 13.5 Å². The summed E-state index contributed by atoms with van der Waals surface area (Å²) in [6, 6.07) is 12.1. The number of ether oxygens (including phenoxy) is 3. The van der Waals surface area contributed by atoms with E-state index in [1.165, 1.54) is 51.7 Å². The Morgan fingerprint density at radius 1 is 0.897 bits per heavy atom. The molecule has 3 rings (SSSR count). The Balaban J connectivity index is 2.05. The van der Waals surface area contributed by atoms with Gasteiger partial charge in [-0.1, -0.05) is 0 Å². The lowest BCUT2D eigenvalue weighted by Gasteiger charge is -2.15. The number of aromatic nitrogens is 2. The average molecular weight is 417 g/mol. The number of anilines is 1. The van der Waals surface area contributed by atoms with Crippen LogP contribution >= 0.6 is 0 Å². The van der Waals surface area contributed by atoms with E-state index in [1.807, 2.05) is 0 Å². The Hall–Kier alpha value is -3.53. The highest BCUT2D eigenvalue weighted by Gasteiger charge is 2.22. The van der Waals surface area contributed by atoms with Crippen LogP contribution in [0.25, 0.3) is 11.3 Å². The van der Waals surface area contributed by atoms with Crippen molar-refractivity contribution in [2.45, 2.75) is 4.90 Å². The first-order valence-corrected chi connectivity index (χ1v) is 9.85. The molecule has 0 radical (unpaired) electrons. The number of hydrogen-bond donors (Lipinski definition) is 2. The Kier molecular flexibility index (Phi) is 5.74. The van der Waals surface area contributed by atoms with Crippen LogP contribution in [0.3, 0.4) is 0 Å². The number of aromatic amines is 1. The fourth-order valence-electron chi connectivity index (χ4n) is 2.63. The summed E-state index contributed by atoms with van der Waals surface area (Å²) in [6.07, 6.45) is 0. The molecule has 2 N–H and O–H groups in total. The number of H-pyrrole nitrogens is 1. The molecule has 1 aromatic heterocycles. The van der Waals surface area contributed by atoms with Crippen LogP contribution in [0.1, 0.15) is 0 Å². The lowest BCUT2D eigenvalue weighted by Crippen LogP contribution is -2.15. The summed E-state index contributed by atoms with van der Waals surface area (Å²) in [4.78, 5) is 11.1. The predicted octanol–water partition coefficient (Wildman–Crippen LogP) is 2.26. The van der Waals surface area contributed by atoms with Crippen LogP contribution in [0.15, 0.2) is 58.2 Å². The highest BCUT2D eigenvalue weighted by molar-refractivity contribution is 7.92. The first kappa shape index (κ1) is 20.2. The zero-order chi connectivity index (χ0) is 21.0. The summed E-state index contributed by atoms with van der Waals surface area (Å²) in [7, 11) is 0.259. The normalized spacial score (nSPS) is 11.0. The van der Waals surface area contributed by atoms with Gasteiger partial charge >= 0.3 is 0 Å². The molecule has 9 nitrogen and oxygen atoms in total. The van der Waals surface area contributed by atoms with Crippen molar-refractivity contribution >= 4 is 15.7 Å². The smallest absolute Gasteiger partial charge is 0.265 e. The fraction of sp³-hybridized carbons (Fsp3) is 0.158. The van der Waals surface area contributed by atoms with Gasteiger partial charge in [0.2, 0.25) is 0 Å². The van der Waals surface area contributed by atoms with Crippen molar-refractivity contribution in [1.29, 1.82) is 0 Å². The van der Waals surface area contributed by atoms with Crippen LogP contribution in [-0.4, -0.2) is 39.9 Å². The molecule has 3 aromatic rings. The second-order valence-electron chi connectivity index (χ2n) is 5.84. The number of rotatable bonds is 7. The highest BCUT2D eigenvalue weighted by atomic mass is 32.2. The molecule has 0 aliphatic rings. The summed E-state index contributed by atoms with van der Waals surface area (Å²) in [5.41, 5.74) is 0.779. The number of benzene rings is 2. The number of nitrogens with one attached hydrogen (secondary N) is 2. The molecule has 152 valence electrons. The van der Waals surface area contributed by atoms with Crippen molar-refractivity contribution < 1.29 is 22.6 Å². The van der Waals surface area contributed by atoms with Gasteiger partial charge in [0.25, 0.3) is 15.6 Å². The third-order valence-electron chi connectivity index (χ3n) is 4.08. The van der Waals surface area contributed by atoms with Gasteiger partial charge in [-0.05, 0) is 36.4 Å². The van der Waals surface area contributed by atoms with Crippen molar-refractivity contribution in [2.24, 2.45) is 0 Å². The van der Waals surface area contributed by atoms with E-state index in [9.17, 15) is 13.2 Å². The van der Waals surface area contributed by atoms with E-state index in [0.29, 0.717) is 22.8 Å². The Morgan fingerprint density at radius 3 is 2.28 bits per heavy atom. The number of sulfonamides is 1. The summed E-state index contributed by atoms with van der Waals surface area (Å²) >= 11 is 0. The van der Waals surface area contributed by atoms with Crippen LogP contribution in [0.2, 0.25) is 0 Å². The molecule has 0 fully saturated rings. The van der Waals surface area contributed by atoms with Crippen LogP contribution in [-0.2, 0) is 10.0 Å². The summed E-state index contributed by atoms with van der Waals surface area (Å²) in [5, 5.41) is 6.25. The van der Waals surface area contributed by atoms with Gasteiger partial charge in [0, 0.05) is 17.7 Å². The van der Waals surface area contributed by atoms with Crippen LogP contribution < -0.4 is 24.5 Å². The van der Waals surface area contributed by atoms with E-state index in [-0.39, 0.29) is 21.9 Å². The van der Waals surface area contributed by atoms with Gasteiger partial charge in [-0.2, -0.15) is 5.10 Å². The molecular formula is C19H19N3O6S. The van der Waals surface area contributed by atoms with Crippen molar-refractivity contribution in [3.8, 4) is 28.5 Å². The highest BCUT2D eigenvalue weighted by Crippen LogP contribution is 2.34. The average Bonchev–Trinajstić information content (AvgIpc) is 2.74. The first-order valence-electron chi connectivity index (χ1n) is 8.37. The lowest BCUT2D eigenvalue weighted by atomic mass is 10.1. The molecule has 0 aliphatic heterocycles. The predicted molar refractivity (Wildman–Crippen MR) is 107 cm³/mol. The Morgan fingerprint density at radius 2 is 1.66 bits per heavy atom. The second-order valence-corrected chi connectivity index (χ2v) is 7.49. The largest absolute Gasteiger partial charge is 0.497 e. The van der Waals surface area contributed by atoms with Gasteiger partial charge < -0.3 is 14.2 Å². The van der Waals surface area contributed by atoms with Gasteiger partial charge in [-0.15, -0.1) is 0 Å². The summed E-state index contributed by atoms with van der Waals surface area (Å²) < 4.78 is 44.3. The molecule has 0 unspecified atom stereocenters. The first-order chi connectivity index (χ1) is 13.9. The van der Waals surface area contributed by atoms with Gasteiger partial charge in [0.15, 0.2) is 0 Å². The maximum absolute atomic E-state index is 13.1. The zero-order valence-corrected chi connectivity index (χ0v) is 16.7. The van der Waals surface area contributed by atoms with Gasteiger partial charge in [0.05, 0.1) is 32.7 Å². The maximum atomic E-state index is 13.1. The SMILES string of the molecule is COc1ccc(NS(=O)(=O)c2cc(-c3ccc(=O)[nH]n3)ccc2OC)c(OC)c1. The molecule has 0 atom stereocenters. The fourth-order valence-corrected chi connectivity index (χ4v) is 3.90. The molecule has 0 spiro atoms. The minimum absolute atomic E-state index is 0.0941. The molecule has 1 heterocycles. The van der Waals surface area contributed by atoms with E-state index in [4.69, 9.17) is 14.2 Å². The van der Waals surface area contributed by atoms with E-state index in [1.54, 1.807) is 18.2 Å². The monoisotopic (exact) mass is 417 g/mol. The third kappa shape index (κ3) is 4.32. The van der Waals surface area contributed by atoms with Crippen LogP contribution in [0, 0.1) is 0 Å². The molecular weight excluding hydrogens is 398 g/mol. The molecule has 0 saturated heterocycles. The summed E-state index contributed by atoms with van der Waals surface area (Å²) in [6.45, 7) is 0. The zero-order valence-electron chi connectivity index (χ0n) is 15.9. The van der Waals surface area contributed by atoms with Crippen LogP contribution in [0.5, 0.6) is 17.2 Å². The van der Waals surface area contributed by atoms with E-state index < -0.39 is 10.0 Å². The molecule has 10 heteroatoms. The molecule has 29 heavy (non-hydrogen) atoms. The molecule has 2 aromatic carbocycles. The maximum Gasteiger partial charge on any atom is 0.265 e. The summed E-state index contributed by atoms with van der Waals surface area (Å²) in [5.74, 6) is 0.969. The quantitative estimate of drug-likeness (QED) is 0.605. The minimum atomic E-state index is -4.04. The van der Waals surface area contributed by atoms with Gasteiger partial charge in [-0.3, -0.25) is 9.52 Å². The number of methoxy groups -OCH3 is 3. The molecule has 0 bridgehead atoms. The van der Waals surface area contributed by atoms with Crippen molar-refractivity contribution in [1.82, 2.24) is 10.2 Å². The topological polar surface area (TPSA) is 120 Å². The van der Waals surface area contributed by atoms with Crippen molar-refractivity contribution in [3.63, 3.8) is 0 Å². The standard InChI is InChI=1S/C19H19N3O6S/c1-26-13-5-6-15(17(11-13)28-3)22-29(24,25)18-10-12(4-8-16(18)27-2)14-7-9-19(23)21-20-14/h4-11,22H,1-3H3,(H,21,23). The number of nitrogens with zero attached hydrogens (tertiary/aromatic N) is 1. The van der Waals surface area contributed by atoms with E-state index in [0.717, 1.165) is 0 Å². The second kappa shape index (κ2) is 8.23. The van der Waals surface area contributed by atoms with E-state index in [2.05, 4.69) is 14.9 Å². The number of hydrogen-bond acceptors (Lipinski definition) is 7. The molecule has 0 aliphatic carbocycles. The third-order valence-corrected chi connectivity index (χ3v) is 5.47. The Bertz CT molecular complexity index is 1170. The lowest BCUT2D eigenvalue weighted by molar-refractivity contribution is 0.395. The van der Waals surface area contributed by atoms with Crippen LogP contribution in [0.4, 0.5) is 5.69 Å². The van der Waals surface area contributed by atoms with Crippen molar-refractivity contribution in [3.05, 3.63) is 58.9 Å².